The molecule has 2 aliphatic rings. The molecule has 2 unspecified atom stereocenters. The molecule has 0 bridgehead atoms. The number of amides is 1. The van der Waals surface area contributed by atoms with Crippen LogP contribution in [0, 0.1) is 5.92 Å². The molecule has 116 valence electrons. The smallest absolute Gasteiger partial charge is 0.221 e. The van der Waals surface area contributed by atoms with Gasteiger partial charge in [0.05, 0.1) is 11.0 Å². The molecule has 2 N–H and O–H groups in total. The van der Waals surface area contributed by atoms with Gasteiger partial charge in [-0.3, -0.25) is 4.79 Å². The second-order valence-corrected chi connectivity index (χ2v) is 8.57. The van der Waals surface area contributed by atoms with E-state index in [9.17, 15) is 13.2 Å². The van der Waals surface area contributed by atoms with Crippen LogP contribution in [0.25, 0.3) is 0 Å². The van der Waals surface area contributed by atoms with Crippen LogP contribution in [0.1, 0.15) is 45.4 Å². The van der Waals surface area contributed by atoms with E-state index >= 15 is 0 Å². The lowest BCUT2D eigenvalue weighted by atomic mass is 9.95. The van der Waals surface area contributed by atoms with E-state index in [-0.39, 0.29) is 29.4 Å². The average molecular weight is 302 g/mol. The fourth-order valence-corrected chi connectivity index (χ4v) is 5.01. The Kier molecular flexibility index (Phi) is 5.43. The van der Waals surface area contributed by atoms with Crippen LogP contribution in [0.5, 0.6) is 0 Å². The number of carbonyl (C=O) groups excluding carboxylic acids is 1. The molecule has 2 rings (SSSR count). The average Bonchev–Trinajstić information content (AvgIpc) is 2.94. The molecule has 0 aromatic carbocycles. The summed E-state index contributed by atoms with van der Waals surface area (Å²) in [6, 6.07) is 0.179. The topological polar surface area (TPSA) is 75.3 Å². The van der Waals surface area contributed by atoms with Crippen LogP contribution >= 0.6 is 0 Å². The third kappa shape index (κ3) is 4.19. The maximum absolute atomic E-state index is 12.1. The van der Waals surface area contributed by atoms with Gasteiger partial charge >= 0.3 is 0 Å². The van der Waals surface area contributed by atoms with Gasteiger partial charge in [-0.25, -0.2) is 8.42 Å². The van der Waals surface area contributed by atoms with Crippen molar-refractivity contribution in [3.63, 3.8) is 0 Å². The Labute approximate surface area is 121 Å². The Morgan fingerprint density at radius 1 is 1.25 bits per heavy atom. The summed E-state index contributed by atoms with van der Waals surface area (Å²) >= 11 is 0. The molecule has 1 saturated carbocycles. The van der Waals surface area contributed by atoms with Crippen molar-refractivity contribution < 1.29 is 13.2 Å². The second-order valence-electron chi connectivity index (χ2n) is 6.17. The van der Waals surface area contributed by atoms with Crippen LogP contribution in [0.2, 0.25) is 0 Å². The molecule has 20 heavy (non-hydrogen) atoms. The summed E-state index contributed by atoms with van der Waals surface area (Å²) in [5.74, 6) is 0.285. The maximum atomic E-state index is 12.1. The van der Waals surface area contributed by atoms with Crippen molar-refractivity contribution in [3.05, 3.63) is 0 Å². The van der Waals surface area contributed by atoms with Crippen molar-refractivity contribution in [1.29, 1.82) is 0 Å². The number of hydrogen-bond donors (Lipinski definition) is 2. The summed E-state index contributed by atoms with van der Waals surface area (Å²) in [5.41, 5.74) is 0. The number of piperidine rings is 1. The van der Waals surface area contributed by atoms with Crippen LogP contribution in [0.15, 0.2) is 0 Å². The maximum Gasteiger partial charge on any atom is 0.221 e. The Bertz CT molecular complexity index is 430. The van der Waals surface area contributed by atoms with Crippen molar-refractivity contribution in [2.24, 2.45) is 5.92 Å². The lowest BCUT2D eigenvalue weighted by Crippen LogP contribution is -2.48. The number of carbonyl (C=O) groups is 1. The Morgan fingerprint density at radius 3 is 2.60 bits per heavy atom. The summed E-state index contributed by atoms with van der Waals surface area (Å²) in [7, 11) is -3.08. The number of nitrogens with one attached hydrogen (secondary N) is 2. The molecule has 0 radical (unpaired) electrons. The molecule has 1 aliphatic carbocycles. The molecule has 5 nitrogen and oxygen atoms in total. The zero-order valence-corrected chi connectivity index (χ0v) is 13.0. The molecule has 6 heteroatoms. The van der Waals surface area contributed by atoms with Crippen LogP contribution in [0.4, 0.5) is 0 Å². The van der Waals surface area contributed by atoms with Crippen LogP contribution in [-0.2, 0) is 14.6 Å². The lowest BCUT2D eigenvalue weighted by Gasteiger charge is -2.30. The van der Waals surface area contributed by atoms with Gasteiger partial charge in [-0.2, -0.15) is 0 Å². The quantitative estimate of drug-likeness (QED) is 0.789. The fourth-order valence-electron chi connectivity index (χ4n) is 3.16. The van der Waals surface area contributed by atoms with Crippen molar-refractivity contribution in [3.8, 4) is 0 Å². The van der Waals surface area contributed by atoms with Gasteiger partial charge in [0, 0.05) is 12.5 Å². The highest BCUT2D eigenvalue weighted by Crippen LogP contribution is 2.25. The van der Waals surface area contributed by atoms with E-state index in [1.54, 1.807) is 0 Å². The van der Waals surface area contributed by atoms with Gasteiger partial charge in [0.15, 0.2) is 9.84 Å². The SMILES string of the molecule is CC1CNCCC1NC(=O)CCS(=O)(=O)C1CCCC1. The second kappa shape index (κ2) is 6.89. The first-order valence-corrected chi connectivity index (χ1v) is 9.42. The third-order valence-electron chi connectivity index (χ3n) is 4.56. The van der Waals surface area contributed by atoms with E-state index in [1.807, 2.05) is 0 Å². The molecule has 1 amide bonds. The predicted molar refractivity (Wildman–Crippen MR) is 79.2 cm³/mol. The summed E-state index contributed by atoms with van der Waals surface area (Å²) < 4.78 is 24.2. The first-order valence-electron chi connectivity index (χ1n) is 7.70. The molecule has 2 atom stereocenters. The standard InChI is InChI=1S/C14H26N2O3S/c1-11-10-15-8-6-13(11)16-14(17)7-9-20(18,19)12-4-2-3-5-12/h11-13,15H,2-10H2,1H3,(H,16,17). The molecular weight excluding hydrogens is 276 g/mol. The molecule has 2 fully saturated rings. The van der Waals surface area contributed by atoms with Gasteiger partial charge in [0.2, 0.25) is 5.91 Å². The Balaban J connectivity index is 1.77. The van der Waals surface area contributed by atoms with E-state index in [4.69, 9.17) is 0 Å². The van der Waals surface area contributed by atoms with E-state index in [0.717, 1.165) is 45.2 Å². The van der Waals surface area contributed by atoms with Gasteiger partial charge in [-0.15, -0.1) is 0 Å². The fraction of sp³-hybridized carbons (Fsp3) is 0.929. The van der Waals surface area contributed by atoms with Gasteiger partial charge in [-0.1, -0.05) is 19.8 Å². The van der Waals surface area contributed by atoms with Gasteiger partial charge in [-0.05, 0) is 38.3 Å². The minimum Gasteiger partial charge on any atom is -0.353 e. The molecule has 0 aromatic heterocycles. The van der Waals surface area contributed by atoms with E-state index < -0.39 is 9.84 Å². The molecule has 1 heterocycles. The zero-order valence-electron chi connectivity index (χ0n) is 12.2. The van der Waals surface area contributed by atoms with E-state index in [1.165, 1.54) is 0 Å². The predicted octanol–water partition coefficient (Wildman–Crippen LogP) is 0.848. The Hall–Kier alpha value is -0.620. The molecule has 1 saturated heterocycles. The van der Waals surface area contributed by atoms with Crippen molar-refractivity contribution in [1.82, 2.24) is 10.6 Å². The van der Waals surface area contributed by atoms with E-state index in [0.29, 0.717) is 5.92 Å². The summed E-state index contributed by atoms with van der Waals surface area (Å²) in [6.07, 6.45) is 4.58. The molecule has 1 aliphatic heterocycles. The van der Waals surface area contributed by atoms with E-state index in [2.05, 4.69) is 17.6 Å². The summed E-state index contributed by atoms with van der Waals surface area (Å²) in [5, 5.41) is 6.07. The van der Waals surface area contributed by atoms with Crippen molar-refractivity contribution in [2.75, 3.05) is 18.8 Å². The molecule has 0 spiro atoms. The monoisotopic (exact) mass is 302 g/mol. The lowest BCUT2D eigenvalue weighted by molar-refractivity contribution is -0.121. The first kappa shape index (κ1) is 15.8. The highest BCUT2D eigenvalue weighted by atomic mass is 32.2. The molecular formula is C14H26N2O3S. The summed E-state index contributed by atoms with van der Waals surface area (Å²) in [6.45, 7) is 3.92. The number of rotatable bonds is 5. The molecule has 0 aromatic rings. The highest BCUT2D eigenvalue weighted by molar-refractivity contribution is 7.92. The third-order valence-corrected chi connectivity index (χ3v) is 6.82. The van der Waals surface area contributed by atoms with Gasteiger partial charge in [0.1, 0.15) is 0 Å². The van der Waals surface area contributed by atoms with Gasteiger partial charge < -0.3 is 10.6 Å². The van der Waals surface area contributed by atoms with Crippen LogP contribution in [0.3, 0.4) is 0 Å². The number of hydrogen-bond acceptors (Lipinski definition) is 4. The number of sulfone groups is 1. The van der Waals surface area contributed by atoms with Gasteiger partial charge in [0.25, 0.3) is 0 Å². The zero-order chi connectivity index (χ0) is 14.6. The minimum atomic E-state index is -3.08. The normalized spacial score (nSPS) is 28.4. The largest absolute Gasteiger partial charge is 0.353 e. The Morgan fingerprint density at radius 2 is 1.95 bits per heavy atom. The highest BCUT2D eigenvalue weighted by Gasteiger charge is 2.29. The van der Waals surface area contributed by atoms with Crippen molar-refractivity contribution >= 4 is 15.7 Å². The van der Waals surface area contributed by atoms with Crippen LogP contribution in [-0.4, -0.2) is 44.5 Å². The van der Waals surface area contributed by atoms with Crippen molar-refractivity contribution in [2.45, 2.75) is 56.7 Å². The minimum absolute atomic E-state index is 0.00283. The van der Waals surface area contributed by atoms with Crippen LogP contribution < -0.4 is 10.6 Å². The first-order chi connectivity index (χ1) is 9.49. The summed E-state index contributed by atoms with van der Waals surface area (Å²) in [4.78, 5) is 11.9.